The number of hydrogen-bond donors (Lipinski definition) is 1. The lowest BCUT2D eigenvalue weighted by molar-refractivity contribution is -0.0694. The van der Waals surface area contributed by atoms with Gasteiger partial charge in [-0.15, -0.1) is 0 Å². The number of hydrogen-bond acceptors (Lipinski definition) is 3. The van der Waals surface area contributed by atoms with E-state index in [4.69, 9.17) is 4.74 Å². The van der Waals surface area contributed by atoms with Crippen LogP contribution in [-0.4, -0.2) is 23.3 Å². The zero-order valence-electron chi connectivity index (χ0n) is 9.94. The average Bonchev–Trinajstić information content (AvgIpc) is 2.32. The lowest BCUT2D eigenvalue weighted by atomic mass is 9.77. The van der Waals surface area contributed by atoms with Gasteiger partial charge in [-0.1, -0.05) is 0 Å². The van der Waals surface area contributed by atoms with Gasteiger partial charge in [-0.05, 0) is 49.8 Å². The molecule has 1 heterocycles. The summed E-state index contributed by atoms with van der Waals surface area (Å²) < 4.78 is 5.76. The van der Waals surface area contributed by atoms with Crippen molar-refractivity contribution in [3.8, 4) is 0 Å². The molecule has 0 aliphatic heterocycles. The number of methoxy groups -OCH3 is 1. The first-order valence-electron chi connectivity index (χ1n) is 5.82. The third-order valence-corrected chi connectivity index (χ3v) is 3.66. The van der Waals surface area contributed by atoms with Gasteiger partial charge in [0, 0.05) is 19.5 Å². The van der Waals surface area contributed by atoms with Crippen LogP contribution in [0, 0.1) is 6.92 Å². The van der Waals surface area contributed by atoms with Gasteiger partial charge in [0.05, 0.1) is 11.7 Å². The van der Waals surface area contributed by atoms with Crippen molar-refractivity contribution >= 4 is 0 Å². The normalized spacial score (nSPS) is 30.3. The third kappa shape index (κ3) is 1.97. The summed E-state index contributed by atoms with van der Waals surface area (Å²) in [5, 5.41) is 9.59. The van der Waals surface area contributed by atoms with E-state index in [9.17, 15) is 5.11 Å². The van der Waals surface area contributed by atoms with E-state index in [1.54, 1.807) is 7.11 Å². The van der Waals surface area contributed by atoms with Crippen molar-refractivity contribution in [3.05, 3.63) is 29.6 Å². The Morgan fingerprint density at radius 3 is 2.69 bits per heavy atom. The molecule has 1 aromatic rings. The van der Waals surface area contributed by atoms with E-state index < -0.39 is 0 Å². The summed E-state index contributed by atoms with van der Waals surface area (Å²) in [6, 6.07) is 2.04. The fourth-order valence-corrected chi connectivity index (χ4v) is 2.64. The first-order valence-corrected chi connectivity index (χ1v) is 5.82. The van der Waals surface area contributed by atoms with Crippen LogP contribution in [0.2, 0.25) is 0 Å². The van der Waals surface area contributed by atoms with Gasteiger partial charge < -0.3 is 9.84 Å². The second kappa shape index (κ2) is 4.52. The Hall–Kier alpha value is -0.930. The van der Waals surface area contributed by atoms with E-state index in [1.165, 1.54) is 11.1 Å². The monoisotopic (exact) mass is 221 g/mol. The van der Waals surface area contributed by atoms with Crippen molar-refractivity contribution < 1.29 is 9.84 Å². The van der Waals surface area contributed by atoms with Crippen LogP contribution >= 0.6 is 0 Å². The highest BCUT2D eigenvalue weighted by Crippen LogP contribution is 2.41. The highest BCUT2D eigenvalue weighted by atomic mass is 16.5. The Kier molecular flexibility index (Phi) is 3.26. The number of aliphatic hydroxyl groups is 1. The van der Waals surface area contributed by atoms with E-state index in [-0.39, 0.29) is 11.7 Å². The summed E-state index contributed by atoms with van der Waals surface area (Å²) in [6.07, 6.45) is 6.93. The van der Waals surface area contributed by atoms with Gasteiger partial charge in [0.2, 0.25) is 0 Å². The van der Waals surface area contributed by atoms with Crippen molar-refractivity contribution in [3.63, 3.8) is 0 Å². The number of nitrogens with zero attached hydrogens (tertiary/aromatic N) is 1. The minimum absolute atomic E-state index is 0.162. The minimum atomic E-state index is -0.216. The maximum atomic E-state index is 9.59. The van der Waals surface area contributed by atoms with Crippen LogP contribution in [0.25, 0.3) is 0 Å². The zero-order valence-corrected chi connectivity index (χ0v) is 9.94. The molecule has 0 amide bonds. The van der Waals surface area contributed by atoms with E-state index in [1.807, 2.05) is 18.5 Å². The second-order valence-electron chi connectivity index (χ2n) is 4.62. The predicted octanol–water partition coefficient (Wildman–Crippen LogP) is 2.17. The quantitative estimate of drug-likeness (QED) is 0.832. The maximum Gasteiger partial charge on any atom is 0.0933 e. The standard InChI is InChI=1S/C13H19NO2/c1-10-9-14-8-5-12(10)13(16-2)6-3-11(15)4-7-13/h5,8-9,11,15H,3-4,6-7H2,1-2H3. The Labute approximate surface area is 96.5 Å². The maximum absolute atomic E-state index is 9.59. The second-order valence-corrected chi connectivity index (χ2v) is 4.62. The number of aryl methyl sites for hydroxylation is 1. The van der Waals surface area contributed by atoms with Crippen LogP contribution in [0.1, 0.15) is 36.8 Å². The van der Waals surface area contributed by atoms with Crippen molar-refractivity contribution in [1.82, 2.24) is 4.98 Å². The molecule has 1 fully saturated rings. The molecule has 0 bridgehead atoms. The van der Waals surface area contributed by atoms with Crippen molar-refractivity contribution in [1.29, 1.82) is 0 Å². The molecule has 0 unspecified atom stereocenters. The molecule has 88 valence electrons. The number of aliphatic hydroxyl groups excluding tert-OH is 1. The van der Waals surface area contributed by atoms with E-state index in [2.05, 4.69) is 11.9 Å². The Morgan fingerprint density at radius 2 is 2.12 bits per heavy atom. The summed E-state index contributed by atoms with van der Waals surface area (Å²) >= 11 is 0. The van der Waals surface area contributed by atoms with Crippen LogP contribution in [0.5, 0.6) is 0 Å². The van der Waals surface area contributed by atoms with Gasteiger partial charge in [0.25, 0.3) is 0 Å². The van der Waals surface area contributed by atoms with Crippen molar-refractivity contribution in [2.75, 3.05) is 7.11 Å². The number of ether oxygens (including phenoxy) is 1. The SMILES string of the molecule is COC1(c2ccncc2C)CCC(O)CC1. The van der Waals surface area contributed by atoms with Crippen molar-refractivity contribution in [2.24, 2.45) is 0 Å². The Morgan fingerprint density at radius 1 is 1.44 bits per heavy atom. The number of aromatic nitrogens is 1. The van der Waals surface area contributed by atoms with E-state index in [0.29, 0.717) is 0 Å². The van der Waals surface area contributed by atoms with Crippen LogP contribution in [0.3, 0.4) is 0 Å². The molecule has 0 spiro atoms. The van der Waals surface area contributed by atoms with Gasteiger partial charge in [0.15, 0.2) is 0 Å². The molecule has 0 atom stereocenters. The molecule has 1 aliphatic rings. The first-order chi connectivity index (χ1) is 7.68. The molecule has 1 saturated carbocycles. The van der Waals surface area contributed by atoms with Gasteiger partial charge in [-0.2, -0.15) is 0 Å². The molecule has 2 rings (SSSR count). The molecular formula is C13H19NO2. The molecule has 1 aromatic heterocycles. The molecular weight excluding hydrogens is 202 g/mol. The van der Waals surface area contributed by atoms with E-state index >= 15 is 0 Å². The Balaban J connectivity index is 2.32. The van der Waals surface area contributed by atoms with Gasteiger partial charge in [-0.3, -0.25) is 4.98 Å². The summed E-state index contributed by atoms with van der Waals surface area (Å²) in [5.74, 6) is 0. The minimum Gasteiger partial charge on any atom is -0.393 e. The van der Waals surface area contributed by atoms with Gasteiger partial charge in [0.1, 0.15) is 0 Å². The molecule has 0 saturated heterocycles. The highest BCUT2D eigenvalue weighted by Gasteiger charge is 2.37. The molecule has 16 heavy (non-hydrogen) atoms. The fourth-order valence-electron chi connectivity index (χ4n) is 2.64. The van der Waals surface area contributed by atoms with Gasteiger partial charge >= 0.3 is 0 Å². The van der Waals surface area contributed by atoms with Crippen LogP contribution in [-0.2, 0) is 10.3 Å². The van der Waals surface area contributed by atoms with Crippen LogP contribution in [0.15, 0.2) is 18.5 Å². The van der Waals surface area contributed by atoms with Gasteiger partial charge in [-0.25, -0.2) is 0 Å². The molecule has 1 aliphatic carbocycles. The van der Waals surface area contributed by atoms with Crippen molar-refractivity contribution in [2.45, 2.75) is 44.3 Å². The summed E-state index contributed by atoms with van der Waals surface area (Å²) in [5.41, 5.74) is 2.17. The topological polar surface area (TPSA) is 42.4 Å². The summed E-state index contributed by atoms with van der Waals surface area (Å²) in [6.45, 7) is 2.06. The smallest absolute Gasteiger partial charge is 0.0933 e. The highest BCUT2D eigenvalue weighted by molar-refractivity contribution is 5.29. The molecule has 3 heteroatoms. The summed E-state index contributed by atoms with van der Waals surface area (Å²) in [4.78, 5) is 4.12. The molecule has 0 radical (unpaired) electrons. The molecule has 1 N–H and O–H groups in total. The fraction of sp³-hybridized carbons (Fsp3) is 0.615. The molecule has 3 nitrogen and oxygen atoms in total. The summed E-state index contributed by atoms with van der Waals surface area (Å²) in [7, 11) is 1.76. The first kappa shape index (κ1) is 11.6. The predicted molar refractivity (Wildman–Crippen MR) is 62.1 cm³/mol. The third-order valence-electron chi connectivity index (χ3n) is 3.66. The lowest BCUT2D eigenvalue weighted by Crippen LogP contribution is -2.35. The molecule has 0 aromatic carbocycles. The average molecular weight is 221 g/mol. The lowest BCUT2D eigenvalue weighted by Gasteiger charge is -2.39. The zero-order chi connectivity index (χ0) is 11.6. The largest absolute Gasteiger partial charge is 0.393 e. The number of pyridine rings is 1. The Bertz CT molecular complexity index is 357. The number of rotatable bonds is 2. The van der Waals surface area contributed by atoms with Crippen LogP contribution in [0.4, 0.5) is 0 Å². The van der Waals surface area contributed by atoms with E-state index in [0.717, 1.165) is 25.7 Å². The van der Waals surface area contributed by atoms with Crippen LogP contribution < -0.4 is 0 Å².